The molecule has 0 saturated carbocycles. The first-order chi connectivity index (χ1) is 14.6. The van der Waals surface area contributed by atoms with Crippen LogP contribution in [0.4, 0.5) is 11.4 Å². The summed E-state index contributed by atoms with van der Waals surface area (Å²) in [6.45, 7) is 2.86. The van der Waals surface area contributed by atoms with Gasteiger partial charge in [-0.25, -0.2) is 0 Å². The number of hydrogen-bond donors (Lipinski definition) is 2. The van der Waals surface area contributed by atoms with Gasteiger partial charge in [0.05, 0.1) is 6.04 Å². The summed E-state index contributed by atoms with van der Waals surface area (Å²) in [7, 11) is 0. The van der Waals surface area contributed by atoms with Gasteiger partial charge in [0.2, 0.25) is 5.91 Å². The highest BCUT2D eigenvalue weighted by molar-refractivity contribution is 7.80. The van der Waals surface area contributed by atoms with Crippen LogP contribution in [0.5, 0.6) is 0 Å². The number of benzene rings is 3. The third-order valence-electron chi connectivity index (χ3n) is 5.27. The fraction of sp³-hybridized carbons (Fsp3) is 0.200. The molecule has 3 aromatic carbocycles. The van der Waals surface area contributed by atoms with Gasteiger partial charge >= 0.3 is 0 Å². The Hall–Kier alpha value is -3.18. The maximum Gasteiger partial charge on any atom is 0.227 e. The minimum absolute atomic E-state index is 0.0607. The number of nitrogens with one attached hydrogen (secondary N) is 2. The SMILES string of the molecule is Cc1cccc(C(NC(=S)Nc2cccc(N3CCCC3=O)c2)c2ccccc2)c1. The highest BCUT2D eigenvalue weighted by atomic mass is 32.1. The Morgan fingerprint density at radius 2 is 1.73 bits per heavy atom. The summed E-state index contributed by atoms with van der Waals surface area (Å²) in [5.41, 5.74) is 5.27. The van der Waals surface area contributed by atoms with Gasteiger partial charge in [0.15, 0.2) is 5.11 Å². The number of nitrogens with zero attached hydrogens (tertiary/aromatic N) is 1. The first kappa shape index (κ1) is 20.1. The Morgan fingerprint density at radius 1 is 0.967 bits per heavy atom. The minimum Gasteiger partial charge on any atom is -0.352 e. The second-order valence-corrected chi connectivity index (χ2v) is 7.96. The lowest BCUT2D eigenvalue weighted by atomic mass is 9.97. The average Bonchev–Trinajstić information content (AvgIpc) is 3.19. The molecule has 1 unspecified atom stereocenters. The van der Waals surface area contributed by atoms with Crippen LogP contribution in [0.3, 0.4) is 0 Å². The molecule has 152 valence electrons. The zero-order valence-electron chi connectivity index (χ0n) is 17.0. The molecule has 1 saturated heterocycles. The first-order valence-corrected chi connectivity index (χ1v) is 10.6. The van der Waals surface area contributed by atoms with Gasteiger partial charge in [0.1, 0.15) is 0 Å². The van der Waals surface area contributed by atoms with Crippen LogP contribution < -0.4 is 15.5 Å². The molecule has 1 atom stereocenters. The van der Waals surface area contributed by atoms with Gasteiger partial charge in [-0.15, -0.1) is 0 Å². The van der Waals surface area contributed by atoms with E-state index < -0.39 is 0 Å². The summed E-state index contributed by atoms with van der Waals surface area (Å²) in [5, 5.41) is 7.29. The van der Waals surface area contributed by atoms with Crippen LogP contribution in [0.1, 0.15) is 35.6 Å². The van der Waals surface area contributed by atoms with Crippen molar-refractivity contribution in [2.24, 2.45) is 0 Å². The Morgan fingerprint density at radius 3 is 2.47 bits per heavy atom. The normalized spacial score (nSPS) is 14.4. The summed E-state index contributed by atoms with van der Waals surface area (Å²) in [4.78, 5) is 13.9. The molecule has 1 aliphatic heterocycles. The Kier molecular flexibility index (Phi) is 6.10. The van der Waals surface area contributed by atoms with E-state index in [1.807, 2.05) is 47.4 Å². The van der Waals surface area contributed by atoms with Crippen LogP contribution in [-0.2, 0) is 4.79 Å². The van der Waals surface area contributed by atoms with Crippen LogP contribution >= 0.6 is 12.2 Å². The van der Waals surface area contributed by atoms with Gasteiger partial charge in [-0.05, 0) is 54.9 Å². The summed E-state index contributed by atoms with van der Waals surface area (Å²) in [5.74, 6) is 0.177. The largest absolute Gasteiger partial charge is 0.352 e. The molecule has 0 bridgehead atoms. The summed E-state index contributed by atoms with van der Waals surface area (Å²) < 4.78 is 0. The number of aryl methyl sites for hydroxylation is 1. The van der Waals surface area contributed by atoms with E-state index in [-0.39, 0.29) is 11.9 Å². The molecule has 1 fully saturated rings. The lowest BCUT2D eigenvalue weighted by Crippen LogP contribution is -2.33. The van der Waals surface area contributed by atoms with Crippen LogP contribution in [0.25, 0.3) is 0 Å². The Bertz CT molecular complexity index is 1050. The topological polar surface area (TPSA) is 44.4 Å². The van der Waals surface area contributed by atoms with E-state index in [2.05, 4.69) is 54.0 Å². The highest BCUT2D eigenvalue weighted by Crippen LogP contribution is 2.25. The summed E-state index contributed by atoms with van der Waals surface area (Å²) >= 11 is 5.64. The fourth-order valence-electron chi connectivity index (χ4n) is 3.83. The van der Waals surface area contributed by atoms with E-state index >= 15 is 0 Å². The molecule has 1 heterocycles. The van der Waals surface area contributed by atoms with Gasteiger partial charge in [0, 0.05) is 24.3 Å². The molecule has 3 aromatic rings. The van der Waals surface area contributed by atoms with E-state index in [0.29, 0.717) is 11.5 Å². The van der Waals surface area contributed by atoms with E-state index in [9.17, 15) is 4.79 Å². The number of amides is 1. The van der Waals surface area contributed by atoms with Crippen molar-refractivity contribution in [2.45, 2.75) is 25.8 Å². The number of anilines is 2. The van der Waals surface area contributed by atoms with Crippen molar-refractivity contribution < 1.29 is 4.79 Å². The monoisotopic (exact) mass is 415 g/mol. The molecule has 2 N–H and O–H groups in total. The van der Waals surface area contributed by atoms with E-state index in [0.717, 1.165) is 35.5 Å². The Labute approximate surface area is 182 Å². The molecular weight excluding hydrogens is 390 g/mol. The van der Waals surface area contributed by atoms with Crippen molar-refractivity contribution in [3.05, 3.63) is 95.6 Å². The van der Waals surface area contributed by atoms with Crippen molar-refractivity contribution in [3.8, 4) is 0 Å². The number of rotatable bonds is 5. The molecular formula is C25H25N3OS. The molecule has 0 radical (unpaired) electrons. The van der Waals surface area contributed by atoms with Crippen molar-refractivity contribution >= 4 is 34.6 Å². The second-order valence-electron chi connectivity index (χ2n) is 7.56. The number of hydrogen-bond acceptors (Lipinski definition) is 2. The van der Waals surface area contributed by atoms with Crippen molar-refractivity contribution in [1.82, 2.24) is 5.32 Å². The summed E-state index contributed by atoms with van der Waals surface area (Å²) in [6, 6.07) is 26.5. The van der Waals surface area contributed by atoms with Gasteiger partial charge in [-0.3, -0.25) is 4.79 Å². The lowest BCUT2D eigenvalue weighted by Gasteiger charge is -2.23. The molecule has 0 aromatic heterocycles. The van der Waals surface area contributed by atoms with Crippen molar-refractivity contribution in [1.29, 1.82) is 0 Å². The van der Waals surface area contributed by atoms with Gasteiger partial charge < -0.3 is 15.5 Å². The van der Waals surface area contributed by atoms with Crippen LogP contribution in [0.15, 0.2) is 78.9 Å². The maximum absolute atomic E-state index is 12.1. The van der Waals surface area contributed by atoms with Crippen molar-refractivity contribution in [3.63, 3.8) is 0 Å². The van der Waals surface area contributed by atoms with Crippen LogP contribution in [0.2, 0.25) is 0 Å². The van der Waals surface area contributed by atoms with E-state index in [1.165, 1.54) is 5.56 Å². The first-order valence-electron chi connectivity index (χ1n) is 10.2. The van der Waals surface area contributed by atoms with Crippen molar-refractivity contribution in [2.75, 3.05) is 16.8 Å². The molecule has 30 heavy (non-hydrogen) atoms. The zero-order chi connectivity index (χ0) is 20.9. The molecule has 1 aliphatic rings. The van der Waals surface area contributed by atoms with Crippen LogP contribution in [0, 0.1) is 6.92 Å². The zero-order valence-corrected chi connectivity index (χ0v) is 17.8. The quantitative estimate of drug-likeness (QED) is 0.563. The molecule has 5 heteroatoms. The molecule has 4 nitrogen and oxygen atoms in total. The van der Waals surface area contributed by atoms with E-state index in [1.54, 1.807) is 0 Å². The standard InChI is InChI=1S/C25H25N3OS/c1-18-8-5-11-20(16-18)24(19-9-3-2-4-10-19)27-25(30)26-21-12-6-13-22(17-21)28-15-7-14-23(28)29/h2-6,8-13,16-17,24H,7,14-15H2,1H3,(H2,26,27,30). The number of carbonyl (C=O) groups is 1. The third kappa shape index (κ3) is 4.69. The predicted molar refractivity (Wildman–Crippen MR) is 127 cm³/mol. The second kappa shape index (κ2) is 9.09. The Balaban J connectivity index is 1.53. The molecule has 0 aliphatic carbocycles. The predicted octanol–water partition coefficient (Wildman–Crippen LogP) is 5.20. The smallest absolute Gasteiger partial charge is 0.227 e. The van der Waals surface area contributed by atoms with Gasteiger partial charge in [0.25, 0.3) is 0 Å². The highest BCUT2D eigenvalue weighted by Gasteiger charge is 2.22. The minimum atomic E-state index is -0.0607. The lowest BCUT2D eigenvalue weighted by molar-refractivity contribution is -0.117. The van der Waals surface area contributed by atoms with Crippen LogP contribution in [-0.4, -0.2) is 17.6 Å². The number of carbonyl (C=O) groups excluding carboxylic acids is 1. The summed E-state index contributed by atoms with van der Waals surface area (Å²) in [6.07, 6.45) is 1.53. The number of thiocarbonyl (C=S) groups is 1. The molecule has 4 rings (SSSR count). The maximum atomic E-state index is 12.1. The van der Waals surface area contributed by atoms with Gasteiger partial charge in [-0.2, -0.15) is 0 Å². The van der Waals surface area contributed by atoms with Gasteiger partial charge in [-0.1, -0.05) is 66.2 Å². The fourth-order valence-corrected chi connectivity index (χ4v) is 4.06. The third-order valence-corrected chi connectivity index (χ3v) is 5.49. The average molecular weight is 416 g/mol. The van der Waals surface area contributed by atoms with E-state index in [4.69, 9.17) is 12.2 Å². The molecule has 0 spiro atoms. The molecule has 1 amide bonds.